The van der Waals surface area contributed by atoms with Gasteiger partial charge in [0.05, 0.1) is 13.2 Å². The molecule has 0 heterocycles. The molecule has 0 radical (unpaired) electrons. The summed E-state index contributed by atoms with van der Waals surface area (Å²) in [6.45, 7) is 2.33. The van der Waals surface area contributed by atoms with Crippen LogP contribution in [0.1, 0.15) is 41.3 Å². The lowest BCUT2D eigenvalue weighted by molar-refractivity contribution is -0.122. The molecule has 4 aromatic carbocycles. The van der Waals surface area contributed by atoms with E-state index < -0.39 is 6.04 Å². The van der Waals surface area contributed by atoms with Crippen LogP contribution in [-0.2, 0) is 11.4 Å². The van der Waals surface area contributed by atoms with Crippen molar-refractivity contribution in [2.45, 2.75) is 25.6 Å². The molecule has 0 aliphatic rings. The predicted molar refractivity (Wildman–Crippen MR) is 152 cm³/mol. The summed E-state index contributed by atoms with van der Waals surface area (Å²) in [5.74, 6) is 0.877. The molecule has 2 atom stereocenters. The second-order valence-electron chi connectivity index (χ2n) is 8.97. The molecule has 0 aromatic heterocycles. The lowest BCUT2D eigenvalue weighted by Crippen LogP contribution is -2.35. The first-order valence-corrected chi connectivity index (χ1v) is 12.5. The molecular formula is C31H32N4O4. The fraction of sp³-hybridized carbons (Fsp3) is 0.161. The molecule has 0 bridgehead atoms. The molecule has 8 nitrogen and oxygen atoms in total. The Balaban J connectivity index is 1.60. The van der Waals surface area contributed by atoms with Crippen molar-refractivity contribution in [3.05, 3.63) is 125 Å². The van der Waals surface area contributed by atoms with Crippen molar-refractivity contribution < 1.29 is 19.5 Å². The van der Waals surface area contributed by atoms with E-state index >= 15 is 0 Å². The summed E-state index contributed by atoms with van der Waals surface area (Å²) in [5.41, 5.74) is 9.65. The van der Waals surface area contributed by atoms with Gasteiger partial charge in [0, 0.05) is 11.3 Å². The first-order chi connectivity index (χ1) is 19.0. The quantitative estimate of drug-likeness (QED) is 0.0903. The van der Waals surface area contributed by atoms with Gasteiger partial charge in [0.15, 0.2) is 17.3 Å². The van der Waals surface area contributed by atoms with Gasteiger partial charge in [-0.1, -0.05) is 71.9 Å². The molecular weight excluding hydrogens is 492 g/mol. The molecule has 8 heteroatoms. The van der Waals surface area contributed by atoms with Crippen LogP contribution < -0.4 is 25.8 Å². The van der Waals surface area contributed by atoms with Gasteiger partial charge in [-0.25, -0.2) is 0 Å². The normalized spacial score (nSPS) is 12.7. The highest BCUT2D eigenvalue weighted by molar-refractivity contribution is 5.97. The van der Waals surface area contributed by atoms with E-state index in [0.29, 0.717) is 34.9 Å². The van der Waals surface area contributed by atoms with Crippen molar-refractivity contribution >= 4 is 17.4 Å². The number of amidine groups is 1. The monoisotopic (exact) mass is 524 g/mol. The van der Waals surface area contributed by atoms with E-state index in [1.54, 1.807) is 43.5 Å². The third-order valence-electron chi connectivity index (χ3n) is 6.28. The average Bonchev–Trinajstić information content (AvgIpc) is 2.99. The topological polar surface area (TPSA) is 118 Å². The molecule has 0 spiro atoms. The molecule has 39 heavy (non-hydrogen) atoms. The predicted octanol–water partition coefficient (Wildman–Crippen LogP) is 5.40. The Hall–Kier alpha value is -4.98. The number of carbonyl (C=O) groups is 1. The van der Waals surface area contributed by atoms with Crippen LogP contribution in [0.15, 0.2) is 108 Å². The Bertz CT molecular complexity index is 1390. The van der Waals surface area contributed by atoms with E-state index in [4.69, 9.17) is 20.4 Å². The van der Waals surface area contributed by atoms with E-state index in [1.165, 1.54) is 0 Å². The van der Waals surface area contributed by atoms with E-state index in [2.05, 4.69) is 15.8 Å². The lowest BCUT2D eigenvalue weighted by Gasteiger charge is -2.24. The number of nitrogens with zero attached hydrogens (tertiary/aromatic N) is 1. The van der Waals surface area contributed by atoms with E-state index in [0.717, 1.165) is 11.1 Å². The number of benzene rings is 4. The number of hydrogen-bond acceptors (Lipinski definition) is 6. The van der Waals surface area contributed by atoms with Gasteiger partial charge in [-0.15, -0.1) is 0 Å². The lowest BCUT2D eigenvalue weighted by atomic mass is 10.0. The highest BCUT2D eigenvalue weighted by Crippen LogP contribution is 2.33. The van der Waals surface area contributed by atoms with Crippen LogP contribution in [-0.4, -0.2) is 24.1 Å². The maximum absolute atomic E-state index is 13.6. The first-order valence-electron chi connectivity index (χ1n) is 12.5. The van der Waals surface area contributed by atoms with Gasteiger partial charge in [-0.05, 0) is 60.0 Å². The number of amides is 1. The van der Waals surface area contributed by atoms with E-state index in [-0.39, 0.29) is 17.8 Å². The number of nitrogens with one attached hydrogen (secondary N) is 2. The fourth-order valence-electron chi connectivity index (χ4n) is 4.10. The number of ether oxygens (including phenoxy) is 2. The Morgan fingerprint density at radius 1 is 0.897 bits per heavy atom. The average molecular weight is 525 g/mol. The van der Waals surface area contributed by atoms with Crippen LogP contribution in [0, 0.1) is 0 Å². The van der Waals surface area contributed by atoms with Crippen molar-refractivity contribution in [1.29, 1.82) is 0 Å². The number of carbonyl (C=O) groups excluding carboxylic acids is 1. The minimum atomic E-state index is -0.747. The van der Waals surface area contributed by atoms with Crippen LogP contribution in [0.4, 0.5) is 5.69 Å². The maximum atomic E-state index is 13.6. The Kier molecular flexibility index (Phi) is 9.03. The Labute approximate surface area is 228 Å². The summed E-state index contributed by atoms with van der Waals surface area (Å²) >= 11 is 0. The molecule has 0 aliphatic heterocycles. The first kappa shape index (κ1) is 27.1. The molecule has 200 valence electrons. The molecule has 0 aliphatic carbocycles. The van der Waals surface area contributed by atoms with E-state index in [9.17, 15) is 4.79 Å². The van der Waals surface area contributed by atoms with Crippen molar-refractivity contribution in [3.63, 3.8) is 0 Å². The summed E-state index contributed by atoms with van der Waals surface area (Å²) in [6.07, 6.45) is 0. The number of anilines is 1. The number of nitrogens with two attached hydrogens (primary N) is 1. The van der Waals surface area contributed by atoms with Gasteiger partial charge in [0.25, 0.3) is 0 Å². The molecule has 5 N–H and O–H groups in total. The van der Waals surface area contributed by atoms with Crippen molar-refractivity contribution in [3.8, 4) is 11.5 Å². The maximum Gasteiger partial charge on any atom is 0.247 e. The summed E-state index contributed by atoms with van der Waals surface area (Å²) in [4.78, 5) is 13.6. The molecule has 0 unspecified atom stereocenters. The molecule has 0 fully saturated rings. The van der Waals surface area contributed by atoms with E-state index in [1.807, 2.05) is 73.7 Å². The minimum Gasteiger partial charge on any atom is -0.493 e. The van der Waals surface area contributed by atoms with Crippen LogP contribution >= 0.6 is 0 Å². The van der Waals surface area contributed by atoms with Crippen LogP contribution in [0.2, 0.25) is 0 Å². The summed E-state index contributed by atoms with van der Waals surface area (Å²) in [6, 6.07) is 31.1. The number of rotatable bonds is 11. The van der Waals surface area contributed by atoms with Gasteiger partial charge in [-0.2, -0.15) is 0 Å². The molecule has 0 saturated heterocycles. The Morgan fingerprint density at radius 3 is 2.21 bits per heavy atom. The minimum absolute atomic E-state index is 0.00311. The van der Waals surface area contributed by atoms with Crippen molar-refractivity contribution in [2.75, 3.05) is 12.4 Å². The summed E-state index contributed by atoms with van der Waals surface area (Å²) < 4.78 is 11.6. The summed E-state index contributed by atoms with van der Waals surface area (Å²) in [5, 5.41) is 18.4. The fourth-order valence-corrected chi connectivity index (χ4v) is 4.10. The SMILES string of the molecule is COc1cc([C@@H](Nc2ccc(/C(N)=N/O)cc2)C(=O)N[C@@H](C)c2ccccc2)ccc1OCc1ccccc1. The molecule has 4 rings (SSSR count). The standard InChI is InChI=1S/C31H32N4O4/c1-21(23-11-7-4-8-12-23)33-31(36)29(34-26-16-13-24(14-17-26)30(32)35-37)25-15-18-27(28(19-25)38-2)39-20-22-9-5-3-6-10-22/h3-19,21,29,34,37H,20H2,1-2H3,(H2,32,35)(H,33,36)/t21-,29+/m0/s1. The number of oxime groups is 1. The van der Waals surface area contributed by atoms with Gasteiger partial charge in [0.2, 0.25) is 5.91 Å². The largest absolute Gasteiger partial charge is 0.493 e. The van der Waals surface area contributed by atoms with Crippen LogP contribution in [0.3, 0.4) is 0 Å². The molecule has 0 saturated carbocycles. The smallest absolute Gasteiger partial charge is 0.247 e. The zero-order valence-electron chi connectivity index (χ0n) is 21.9. The molecule has 1 amide bonds. The van der Waals surface area contributed by atoms with Crippen LogP contribution in [0.25, 0.3) is 0 Å². The second kappa shape index (κ2) is 13.0. The van der Waals surface area contributed by atoms with Gasteiger partial charge in [-0.3, -0.25) is 4.79 Å². The molecule has 4 aromatic rings. The zero-order chi connectivity index (χ0) is 27.6. The van der Waals surface area contributed by atoms with Crippen molar-refractivity contribution in [1.82, 2.24) is 5.32 Å². The zero-order valence-corrected chi connectivity index (χ0v) is 21.9. The Morgan fingerprint density at radius 2 is 1.56 bits per heavy atom. The highest BCUT2D eigenvalue weighted by atomic mass is 16.5. The third-order valence-corrected chi connectivity index (χ3v) is 6.28. The number of hydrogen-bond donors (Lipinski definition) is 4. The van der Waals surface area contributed by atoms with Gasteiger partial charge in [0.1, 0.15) is 12.6 Å². The highest BCUT2D eigenvalue weighted by Gasteiger charge is 2.24. The summed E-state index contributed by atoms with van der Waals surface area (Å²) in [7, 11) is 1.57. The third kappa shape index (κ3) is 7.07. The van der Waals surface area contributed by atoms with Gasteiger partial charge >= 0.3 is 0 Å². The second-order valence-corrected chi connectivity index (χ2v) is 8.97. The van der Waals surface area contributed by atoms with Gasteiger partial charge < -0.3 is 31.0 Å². The number of methoxy groups -OCH3 is 1. The van der Waals surface area contributed by atoms with Crippen molar-refractivity contribution in [2.24, 2.45) is 10.9 Å². The van der Waals surface area contributed by atoms with Crippen LogP contribution in [0.5, 0.6) is 11.5 Å².